The van der Waals surface area contributed by atoms with Crippen molar-refractivity contribution in [2.24, 2.45) is 5.73 Å². The maximum absolute atomic E-state index is 9.10. The van der Waals surface area contributed by atoms with Gasteiger partial charge in [-0.2, -0.15) is 0 Å². The van der Waals surface area contributed by atoms with E-state index in [9.17, 15) is 0 Å². The monoisotopic (exact) mass is 325 g/mol. The second-order valence-electron chi connectivity index (χ2n) is 4.79. The molecule has 0 unspecified atom stereocenters. The summed E-state index contributed by atoms with van der Waals surface area (Å²) >= 11 is 2.88. The number of rotatable bonds is 8. The van der Waals surface area contributed by atoms with Gasteiger partial charge in [-0.05, 0) is 37.3 Å². The lowest BCUT2D eigenvalue weighted by molar-refractivity contribution is 0.287. The number of benzene rings is 1. The lowest BCUT2D eigenvalue weighted by Crippen LogP contribution is -2.11. The van der Waals surface area contributed by atoms with Gasteiger partial charge in [0.2, 0.25) is 0 Å². The number of nitrogens with one attached hydrogen (secondary N) is 2. The molecule has 0 aliphatic carbocycles. The van der Waals surface area contributed by atoms with Crippen LogP contribution in [0.5, 0.6) is 0 Å². The molecule has 116 valence electrons. The highest BCUT2D eigenvalue weighted by Gasteiger charge is 2.11. The quantitative estimate of drug-likeness (QED) is 0.437. The zero-order chi connectivity index (χ0) is 15.7. The Kier molecular flexibility index (Phi) is 8.49. The molecule has 1 aromatic carbocycles. The first-order valence-electron chi connectivity index (χ1n) is 6.88. The number of aliphatic hydroxyl groups excluding tert-OH is 1. The minimum Gasteiger partial charge on any atom is -0.396 e. The van der Waals surface area contributed by atoms with Crippen LogP contribution in [0, 0.1) is 10.8 Å². The topological polar surface area (TPSA) is 94.0 Å². The highest BCUT2D eigenvalue weighted by atomic mass is 32.2. The summed E-state index contributed by atoms with van der Waals surface area (Å²) in [6, 6.07) is 8.43. The fraction of sp³-hybridized carbons (Fsp3) is 0.467. The summed E-state index contributed by atoms with van der Waals surface area (Å²) in [5.74, 6) is 0.824. The molecular formula is C15H23N3OS2. The third kappa shape index (κ3) is 8.14. The Bertz CT molecular complexity index is 462. The fourth-order valence-corrected chi connectivity index (χ4v) is 3.54. The number of amidine groups is 1. The van der Waals surface area contributed by atoms with Gasteiger partial charge >= 0.3 is 0 Å². The van der Waals surface area contributed by atoms with Crippen molar-refractivity contribution < 1.29 is 5.11 Å². The van der Waals surface area contributed by atoms with Crippen LogP contribution >= 0.6 is 23.5 Å². The van der Waals surface area contributed by atoms with Gasteiger partial charge in [-0.25, -0.2) is 0 Å². The van der Waals surface area contributed by atoms with Crippen molar-refractivity contribution in [1.29, 1.82) is 10.8 Å². The van der Waals surface area contributed by atoms with E-state index >= 15 is 0 Å². The zero-order valence-corrected chi connectivity index (χ0v) is 13.9. The minimum atomic E-state index is 0.158. The van der Waals surface area contributed by atoms with E-state index in [2.05, 4.69) is 24.3 Å². The molecule has 21 heavy (non-hydrogen) atoms. The molecule has 0 amide bonds. The molecule has 1 atom stereocenters. The average Bonchev–Trinajstić information content (AvgIpc) is 2.40. The highest BCUT2D eigenvalue weighted by molar-refractivity contribution is 8.14. The van der Waals surface area contributed by atoms with Crippen molar-refractivity contribution in [1.82, 2.24) is 0 Å². The molecular weight excluding hydrogens is 302 g/mol. The molecule has 5 N–H and O–H groups in total. The van der Waals surface area contributed by atoms with Gasteiger partial charge in [0.05, 0.1) is 5.04 Å². The molecule has 0 fully saturated rings. The predicted molar refractivity (Wildman–Crippen MR) is 94.7 cm³/mol. The number of aliphatic hydroxyl groups is 1. The van der Waals surface area contributed by atoms with Crippen LogP contribution in [-0.4, -0.2) is 32.9 Å². The lowest BCUT2D eigenvalue weighted by Gasteiger charge is -2.15. The SMILES string of the molecule is CC(=N)S[C@H](CCO)Cc1ccc(CCSC(=N)N)cc1. The normalized spacial score (nSPS) is 12.1. The molecule has 0 heterocycles. The molecule has 4 nitrogen and oxygen atoms in total. The van der Waals surface area contributed by atoms with Crippen molar-refractivity contribution in [2.45, 2.75) is 31.4 Å². The summed E-state index contributed by atoms with van der Waals surface area (Å²) in [6.07, 6.45) is 2.47. The minimum absolute atomic E-state index is 0.158. The van der Waals surface area contributed by atoms with Gasteiger partial charge in [0.15, 0.2) is 5.17 Å². The number of hydrogen-bond acceptors (Lipinski definition) is 5. The Morgan fingerprint density at radius 3 is 2.38 bits per heavy atom. The van der Waals surface area contributed by atoms with Crippen LogP contribution in [0.15, 0.2) is 24.3 Å². The second-order valence-corrected chi connectivity index (χ2v) is 7.44. The average molecular weight is 326 g/mol. The van der Waals surface area contributed by atoms with E-state index in [1.165, 1.54) is 34.7 Å². The molecule has 0 aliphatic heterocycles. The standard InChI is InChI=1S/C15H23N3OS2/c1-11(16)21-14(6-8-19)10-13-4-2-12(3-5-13)7-9-20-15(17)18/h2-5,14,16,19H,6-10H2,1H3,(H3,17,18)/t14-/m1/s1. The first kappa shape index (κ1) is 18.1. The molecule has 0 bridgehead atoms. The Labute approximate surface area is 134 Å². The number of thioether (sulfide) groups is 2. The van der Waals surface area contributed by atoms with E-state index in [0.29, 0.717) is 11.5 Å². The van der Waals surface area contributed by atoms with E-state index in [4.69, 9.17) is 21.7 Å². The number of nitrogens with two attached hydrogens (primary N) is 1. The van der Waals surface area contributed by atoms with E-state index in [1.807, 2.05) is 0 Å². The van der Waals surface area contributed by atoms with Gasteiger partial charge in [-0.15, -0.1) is 11.8 Å². The highest BCUT2D eigenvalue weighted by Crippen LogP contribution is 2.21. The van der Waals surface area contributed by atoms with E-state index in [-0.39, 0.29) is 17.0 Å². The molecule has 0 aliphatic rings. The van der Waals surface area contributed by atoms with Crippen LogP contribution in [0.25, 0.3) is 0 Å². The maximum atomic E-state index is 9.10. The second kappa shape index (κ2) is 9.87. The van der Waals surface area contributed by atoms with Gasteiger partial charge in [-0.3, -0.25) is 10.8 Å². The van der Waals surface area contributed by atoms with Crippen LogP contribution < -0.4 is 5.73 Å². The van der Waals surface area contributed by atoms with Gasteiger partial charge < -0.3 is 10.8 Å². The summed E-state index contributed by atoms with van der Waals surface area (Å²) in [4.78, 5) is 0. The van der Waals surface area contributed by atoms with Crippen molar-refractivity contribution in [3.05, 3.63) is 35.4 Å². The largest absolute Gasteiger partial charge is 0.396 e. The van der Waals surface area contributed by atoms with E-state index in [0.717, 1.165) is 18.6 Å². The van der Waals surface area contributed by atoms with Gasteiger partial charge in [0.25, 0.3) is 0 Å². The van der Waals surface area contributed by atoms with Crippen molar-refractivity contribution in [3.8, 4) is 0 Å². The zero-order valence-electron chi connectivity index (χ0n) is 12.3. The summed E-state index contributed by atoms with van der Waals surface area (Å²) in [5, 5.41) is 24.8. The molecule has 0 spiro atoms. The molecule has 1 rings (SSSR count). The predicted octanol–water partition coefficient (Wildman–Crippen LogP) is 2.88. The third-order valence-corrected chi connectivity index (χ3v) is 4.74. The lowest BCUT2D eigenvalue weighted by atomic mass is 10.0. The molecule has 1 aromatic rings. The summed E-state index contributed by atoms with van der Waals surface area (Å²) in [6.45, 7) is 1.94. The Balaban J connectivity index is 2.51. The first-order valence-corrected chi connectivity index (χ1v) is 8.75. The number of aryl methyl sites for hydroxylation is 1. The first-order chi connectivity index (χ1) is 10.0. The fourth-order valence-electron chi connectivity index (χ4n) is 1.98. The van der Waals surface area contributed by atoms with Crippen LogP contribution in [0.2, 0.25) is 0 Å². The molecule has 6 heteroatoms. The van der Waals surface area contributed by atoms with Crippen molar-refractivity contribution >= 4 is 33.7 Å². The molecule has 0 saturated carbocycles. The van der Waals surface area contributed by atoms with Crippen molar-refractivity contribution in [3.63, 3.8) is 0 Å². The van der Waals surface area contributed by atoms with Crippen LogP contribution in [-0.2, 0) is 12.8 Å². The van der Waals surface area contributed by atoms with Crippen LogP contribution in [0.4, 0.5) is 0 Å². The molecule has 0 radical (unpaired) electrons. The van der Waals surface area contributed by atoms with Crippen LogP contribution in [0.1, 0.15) is 24.5 Å². The van der Waals surface area contributed by atoms with Gasteiger partial charge in [-0.1, -0.05) is 36.0 Å². The Morgan fingerprint density at radius 1 is 1.24 bits per heavy atom. The Hall–Kier alpha value is -0.980. The van der Waals surface area contributed by atoms with Gasteiger partial charge in [0.1, 0.15) is 0 Å². The smallest absolute Gasteiger partial charge is 0.151 e. The Morgan fingerprint density at radius 2 is 1.86 bits per heavy atom. The van der Waals surface area contributed by atoms with E-state index in [1.54, 1.807) is 6.92 Å². The van der Waals surface area contributed by atoms with E-state index < -0.39 is 0 Å². The van der Waals surface area contributed by atoms with Gasteiger partial charge in [0, 0.05) is 17.6 Å². The summed E-state index contributed by atoms with van der Waals surface area (Å²) < 4.78 is 0. The molecule has 0 aromatic heterocycles. The summed E-state index contributed by atoms with van der Waals surface area (Å²) in [5.41, 5.74) is 7.77. The maximum Gasteiger partial charge on any atom is 0.151 e. The van der Waals surface area contributed by atoms with Crippen molar-refractivity contribution in [2.75, 3.05) is 12.4 Å². The van der Waals surface area contributed by atoms with Crippen LogP contribution in [0.3, 0.4) is 0 Å². The number of hydrogen-bond donors (Lipinski definition) is 4. The summed E-state index contributed by atoms with van der Waals surface area (Å²) in [7, 11) is 0. The third-order valence-electron chi connectivity index (χ3n) is 2.93. The molecule has 0 saturated heterocycles.